The molecular weight excluding hydrogens is 555 g/mol. The molecule has 0 spiro atoms. The predicted octanol–water partition coefficient (Wildman–Crippen LogP) is 3.89. The molecule has 0 saturated carbocycles. The Kier molecular flexibility index (Phi) is 6.40. The molecule has 0 aliphatic carbocycles. The van der Waals surface area contributed by atoms with E-state index >= 15 is 0 Å². The van der Waals surface area contributed by atoms with Gasteiger partial charge in [0, 0.05) is 0 Å². The maximum absolute atomic E-state index is 11.7. The number of aryl methyl sites for hydroxylation is 1. The third-order valence-electron chi connectivity index (χ3n) is 2.63. The van der Waals surface area contributed by atoms with Crippen molar-refractivity contribution < 1.29 is 8.98 Å². The van der Waals surface area contributed by atoms with Gasteiger partial charge in [-0.3, -0.25) is 0 Å². The molecule has 0 aliphatic heterocycles. The fourth-order valence-electron chi connectivity index (χ4n) is 1.56. The Morgan fingerprint density at radius 1 is 1.00 bits per heavy atom. The summed E-state index contributed by atoms with van der Waals surface area (Å²) >= 11 is 0. The number of aromatic nitrogens is 2. The Morgan fingerprint density at radius 2 is 1.42 bits per heavy atom. The van der Waals surface area contributed by atoms with Gasteiger partial charge in [0.25, 0.3) is 0 Å². The normalized spacial score (nSPS) is 14.2. The van der Waals surface area contributed by atoms with E-state index in [0.29, 0.717) is 5.56 Å². The van der Waals surface area contributed by atoms with Crippen LogP contribution in [0.15, 0.2) is 38.3 Å². The van der Waals surface area contributed by atoms with E-state index < -0.39 is 20.6 Å². The van der Waals surface area contributed by atoms with Gasteiger partial charge in [0.2, 0.25) is 0 Å². The van der Waals surface area contributed by atoms with Crippen LogP contribution in [0.2, 0.25) is 0 Å². The molecule has 1 aromatic carbocycles. The van der Waals surface area contributed by atoms with Crippen molar-refractivity contribution in [1.82, 2.24) is 4.57 Å². The number of hydrogen-bond acceptors (Lipinski definition) is 3. The van der Waals surface area contributed by atoms with Gasteiger partial charge in [0.1, 0.15) is 0 Å². The molecule has 0 aliphatic rings. The third kappa shape index (κ3) is 8.66. The van der Waals surface area contributed by atoms with Crippen molar-refractivity contribution in [2.24, 2.45) is 14.1 Å². The maximum atomic E-state index is 11.7. The first-order valence-corrected chi connectivity index (χ1v) is 25.6. The number of hydrogen-bond donors (Lipinski definition) is 0. The quantitative estimate of drug-likeness (QED) is 0.388. The average Bonchev–Trinajstić information content (AvgIpc) is 2.38. The summed E-state index contributed by atoms with van der Waals surface area (Å²) < 4.78 is 7.36. The van der Waals surface area contributed by atoms with Crippen molar-refractivity contribution in [2.75, 3.05) is 0 Å². The van der Waals surface area contributed by atoms with Crippen molar-refractivity contribution in [3.05, 3.63) is 50.9 Å². The van der Waals surface area contributed by atoms with E-state index in [9.17, 15) is 9.59 Å². The average molecular weight is 568 g/mol. The van der Waals surface area contributed by atoms with Crippen LogP contribution in [-0.4, -0.2) is 13.7 Å². The zero-order valence-electron chi connectivity index (χ0n) is 12.6. The monoisotopic (exact) mass is 564 g/mol. The third-order valence-corrected chi connectivity index (χ3v) is 2.63. The van der Waals surface area contributed by atoms with Crippen LogP contribution in [0, 0.1) is 6.92 Å². The SMILES string of the molecule is Cc1ccc(-c2oc(=O)n(C)c(=O)[n+]2C)cc1.[Cl][Sb-]([Cl])([Cl])([Cl])([Cl])[Cl]. The second-order valence-corrected chi connectivity index (χ2v) is 61.8. The van der Waals surface area contributed by atoms with Gasteiger partial charge in [-0.1, -0.05) is 17.7 Å². The number of rotatable bonds is 1. The van der Waals surface area contributed by atoms with Crippen LogP contribution in [0.25, 0.3) is 11.5 Å². The van der Waals surface area contributed by atoms with Crippen molar-refractivity contribution in [2.45, 2.75) is 6.92 Å². The van der Waals surface area contributed by atoms with Gasteiger partial charge in [-0.2, -0.15) is 14.2 Å². The molecule has 1 aromatic heterocycles. The summed E-state index contributed by atoms with van der Waals surface area (Å²) in [7, 11) is 27.9. The molecule has 0 radical (unpaired) electrons. The first-order chi connectivity index (χ1) is 10.5. The zero-order chi connectivity index (χ0) is 19.0. The second-order valence-electron chi connectivity index (χ2n) is 4.90. The first-order valence-electron chi connectivity index (χ1n) is 6.19. The molecule has 0 N–H and O–H groups in total. The van der Waals surface area contributed by atoms with Gasteiger partial charge in [0.15, 0.2) is 0 Å². The Morgan fingerprint density at radius 3 is 1.83 bits per heavy atom. The molecule has 0 fully saturated rings. The van der Waals surface area contributed by atoms with Crippen LogP contribution in [0.4, 0.5) is 0 Å². The van der Waals surface area contributed by atoms with Crippen LogP contribution >= 0.6 is 53.0 Å². The molecule has 0 saturated heterocycles. The fraction of sp³-hybridized carbons (Fsp3) is 0.250. The molecule has 2 aromatic rings. The Balaban J connectivity index is 0.000000351. The molecule has 0 unspecified atom stereocenters. The minimum absolute atomic E-state index is 0.262. The molecule has 1 heterocycles. The van der Waals surface area contributed by atoms with Crippen LogP contribution in [-0.2, 0) is 14.1 Å². The Labute approximate surface area is 157 Å². The molecule has 0 atom stereocenters. The predicted molar refractivity (Wildman–Crippen MR) is 102 cm³/mol. The summed E-state index contributed by atoms with van der Waals surface area (Å²) in [5.74, 6) is -0.401. The van der Waals surface area contributed by atoms with Gasteiger partial charge in [0.05, 0.1) is 19.7 Å². The van der Waals surface area contributed by atoms with Gasteiger partial charge in [-0.25, -0.2) is 0 Å². The Hall–Kier alpha value is 0.388. The summed E-state index contributed by atoms with van der Waals surface area (Å²) in [6, 6.07) is 7.42. The van der Waals surface area contributed by atoms with Gasteiger partial charge < -0.3 is 4.42 Å². The molecule has 12 heteroatoms. The van der Waals surface area contributed by atoms with E-state index in [4.69, 9.17) is 57.4 Å². The summed E-state index contributed by atoms with van der Waals surface area (Å²) in [6.45, 7) is 1.96. The van der Waals surface area contributed by atoms with E-state index in [1.54, 1.807) is 7.05 Å². The molecule has 0 amide bonds. The standard InChI is InChI=1S/C12H13N2O3.6ClH.Sb/c1-8-4-6-9(7-5-8)10-13(2)11(15)14(3)12(16)17-10;;;;;;;/h4-7H,1-3H3;6*1H;/q+1;;;;;;;+5/p-6. The van der Waals surface area contributed by atoms with Crippen molar-refractivity contribution in [3.8, 4) is 11.5 Å². The second kappa shape index (κ2) is 6.84. The first kappa shape index (κ1) is 22.4. The van der Waals surface area contributed by atoms with E-state index in [1.165, 1.54) is 11.6 Å². The van der Waals surface area contributed by atoms with Crippen LogP contribution in [0.3, 0.4) is 0 Å². The van der Waals surface area contributed by atoms with E-state index in [1.807, 2.05) is 31.2 Å². The fourth-order valence-corrected chi connectivity index (χ4v) is 1.56. The molecule has 136 valence electrons. The Bertz CT molecular complexity index is 858. The summed E-state index contributed by atoms with van der Waals surface area (Å²) in [6.07, 6.45) is 0. The van der Waals surface area contributed by atoms with Crippen LogP contribution < -0.4 is 16.0 Å². The van der Waals surface area contributed by atoms with Gasteiger partial charge in [-0.15, -0.1) is 4.57 Å². The van der Waals surface area contributed by atoms with E-state index in [2.05, 4.69) is 0 Å². The van der Waals surface area contributed by atoms with Crippen molar-refractivity contribution >= 4 is 62.1 Å². The van der Waals surface area contributed by atoms with Crippen LogP contribution in [0.5, 0.6) is 0 Å². The summed E-state index contributed by atoms with van der Waals surface area (Å²) in [4.78, 5) is 23.2. The molecule has 0 bridgehead atoms. The zero-order valence-corrected chi connectivity index (χ0v) is 19.7. The number of nitrogens with zero attached hydrogens (tertiary/aromatic N) is 2. The molecular formula is C12H13Cl6N2O3Sb. The van der Waals surface area contributed by atoms with Gasteiger partial charge >= 0.3 is 79.5 Å². The molecule has 2 rings (SSSR count). The van der Waals surface area contributed by atoms with Crippen molar-refractivity contribution in [1.29, 1.82) is 0 Å². The van der Waals surface area contributed by atoms with Crippen molar-refractivity contribution in [3.63, 3.8) is 0 Å². The summed E-state index contributed by atoms with van der Waals surface area (Å²) in [5.41, 5.74) is 1.40. The molecule has 24 heavy (non-hydrogen) atoms. The van der Waals surface area contributed by atoms with Gasteiger partial charge in [-0.05, 0) is 19.1 Å². The topological polar surface area (TPSA) is 56.1 Å². The summed E-state index contributed by atoms with van der Waals surface area (Å²) in [5, 5.41) is 0. The molecule has 5 nitrogen and oxygen atoms in total. The van der Waals surface area contributed by atoms with E-state index in [0.717, 1.165) is 10.1 Å². The van der Waals surface area contributed by atoms with Crippen LogP contribution in [0.1, 0.15) is 5.56 Å². The number of halogens is 6. The number of benzene rings is 1. The van der Waals surface area contributed by atoms with E-state index in [-0.39, 0.29) is 5.89 Å². The minimum atomic E-state index is -5.42.